The van der Waals surface area contributed by atoms with Crippen LogP contribution in [-0.2, 0) is 0 Å². The number of amides is 1. The van der Waals surface area contributed by atoms with Gasteiger partial charge < -0.3 is 10.0 Å². The SMILES string of the molecule is O=C(c1cc(-c2cnn3cc(-c4cn[nH]c4)cnc23)cs1)N1CC[C@@H](O)C1. The molecule has 136 valence electrons. The molecule has 0 aliphatic carbocycles. The number of nitrogens with one attached hydrogen (secondary N) is 1. The molecule has 0 aromatic carbocycles. The van der Waals surface area contributed by atoms with Crippen LogP contribution in [0.3, 0.4) is 0 Å². The maximum Gasteiger partial charge on any atom is 0.264 e. The summed E-state index contributed by atoms with van der Waals surface area (Å²) in [5, 5.41) is 22.7. The predicted octanol–water partition coefficient (Wildman–Crippen LogP) is 2.05. The summed E-state index contributed by atoms with van der Waals surface area (Å²) in [6.07, 6.45) is 9.22. The largest absolute Gasteiger partial charge is 0.391 e. The molecule has 5 heterocycles. The minimum absolute atomic E-state index is 0.0329. The lowest BCUT2D eigenvalue weighted by molar-refractivity contribution is 0.0769. The molecule has 1 saturated heterocycles. The van der Waals surface area contributed by atoms with Gasteiger partial charge in [0.2, 0.25) is 0 Å². The van der Waals surface area contributed by atoms with Gasteiger partial charge in [-0.1, -0.05) is 0 Å². The Labute approximate surface area is 158 Å². The van der Waals surface area contributed by atoms with Crippen LogP contribution in [0.1, 0.15) is 16.1 Å². The number of aliphatic hydroxyl groups is 1. The summed E-state index contributed by atoms with van der Waals surface area (Å²) in [4.78, 5) is 19.5. The topological polar surface area (TPSA) is 99.4 Å². The molecule has 27 heavy (non-hydrogen) atoms. The standard InChI is InChI=1S/C18H16N6O2S/c25-14-1-2-23(9-14)18(26)16-3-11(10-27-16)15-7-22-24-8-13(4-19-17(15)24)12-5-20-21-6-12/h3-8,10,14,25H,1-2,9H2,(H,20,21)/t14-/m1/s1. The van der Waals surface area contributed by atoms with Crippen molar-refractivity contribution in [1.82, 2.24) is 29.7 Å². The number of thiophene rings is 1. The Hall–Kier alpha value is -3.04. The Bertz CT molecular complexity index is 1120. The van der Waals surface area contributed by atoms with Gasteiger partial charge in [-0.3, -0.25) is 9.89 Å². The van der Waals surface area contributed by atoms with E-state index in [-0.39, 0.29) is 5.91 Å². The van der Waals surface area contributed by atoms with Crippen molar-refractivity contribution in [2.24, 2.45) is 0 Å². The zero-order valence-corrected chi connectivity index (χ0v) is 15.1. The lowest BCUT2D eigenvalue weighted by atomic mass is 10.1. The first-order chi connectivity index (χ1) is 13.2. The number of β-amino-alcohol motifs (C(OH)–C–C–N with tert-alkyl or cyclic N) is 1. The lowest BCUT2D eigenvalue weighted by Gasteiger charge is -2.13. The summed E-state index contributed by atoms with van der Waals surface area (Å²) in [6.45, 7) is 1.00. The normalized spacial score (nSPS) is 17.1. The molecule has 8 nitrogen and oxygen atoms in total. The monoisotopic (exact) mass is 380 g/mol. The second-order valence-corrected chi connectivity index (χ2v) is 7.46. The number of fused-ring (bicyclic) bond motifs is 1. The molecule has 5 rings (SSSR count). The zero-order chi connectivity index (χ0) is 18.4. The van der Waals surface area contributed by atoms with Gasteiger partial charge >= 0.3 is 0 Å². The third-order valence-corrected chi connectivity index (χ3v) is 5.68. The van der Waals surface area contributed by atoms with Crippen LogP contribution in [0.2, 0.25) is 0 Å². The Morgan fingerprint density at radius 2 is 2.19 bits per heavy atom. The number of hydrogen-bond acceptors (Lipinski definition) is 6. The summed E-state index contributed by atoms with van der Waals surface area (Å²) in [5.74, 6) is -0.0329. The van der Waals surface area contributed by atoms with E-state index in [0.29, 0.717) is 24.4 Å². The van der Waals surface area contributed by atoms with Gasteiger partial charge in [0.05, 0.1) is 23.4 Å². The van der Waals surface area contributed by atoms with Gasteiger partial charge in [0.1, 0.15) is 0 Å². The molecule has 4 aromatic heterocycles. The van der Waals surface area contributed by atoms with Crippen molar-refractivity contribution in [2.75, 3.05) is 13.1 Å². The van der Waals surface area contributed by atoms with Gasteiger partial charge in [0.25, 0.3) is 5.91 Å². The number of nitrogens with zero attached hydrogens (tertiary/aromatic N) is 5. The third kappa shape index (κ3) is 2.81. The van der Waals surface area contributed by atoms with Gasteiger partial charge in [-0.25, -0.2) is 9.50 Å². The van der Waals surface area contributed by atoms with E-state index in [1.165, 1.54) is 11.3 Å². The number of carbonyl (C=O) groups excluding carboxylic acids is 1. The highest BCUT2D eigenvalue weighted by atomic mass is 32.1. The van der Waals surface area contributed by atoms with E-state index < -0.39 is 6.10 Å². The molecule has 0 unspecified atom stereocenters. The summed E-state index contributed by atoms with van der Waals surface area (Å²) in [6, 6.07) is 1.88. The molecule has 1 aliphatic rings. The van der Waals surface area contributed by atoms with Crippen LogP contribution < -0.4 is 0 Å². The van der Waals surface area contributed by atoms with Gasteiger partial charge in [0, 0.05) is 48.4 Å². The number of rotatable bonds is 3. The molecule has 0 bridgehead atoms. The number of aliphatic hydroxyl groups excluding tert-OH is 1. The minimum Gasteiger partial charge on any atom is -0.391 e. The van der Waals surface area contributed by atoms with Crippen molar-refractivity contribution in [3.63, 3.8) is 0 Å². The molecule has 1 amide bonds. The molecular weight excluding hydrogens is 364 g/mol. The van der Waals surface area contributed by atoms with E-state index in [1.54, 1.807) is 34.2 Å². The van der Waals surface area contributed by atoms with E-state index in [9.17, 15) is 9.90 Å². The molecule has 1 fully saturated rings. The number of aromatic nitrogens is 5. The fourth-order valence-electron chi connectivity index (χ4n) is 3.31. The summed E-state index contributed by atoms with van der Waals surface area (Å²) in [7, 11) is 0. The number of likely N-dealkylation sites (tertiary alicyclic amines) is 1. The van der Waals surface area contributed by atoms with E-state index in [1.807, 2.05) is 17.6 Å². The van der Waals surface area contributed by atoms with E-state index >= 15 is 0 Å². The first-order valence-corrected chi connectivity index (χ1v) is 9.46. The maximum atomic E-state index is 12.6. The Morgan fingerprint density at radius 1 is 1.26 bits per heavy atom. The predicted molar refractivity (Wildman–Crippen MR) is 100 cm³/mol. The van der Waals surface area contributed by atoms with Crippen molar-refractivity contribution < 1.29 is 9.90 Å². The highest BCUT2D eigenvalue weighted by molar-refractivity contribution is 7.12. The number of H-pyrrole nitrogens is 1. The second-order valence-electron chi connectivity index (χ2n) is 6.55. The molecule has 0 radical (unpaired) electrons. The zero-order valence-electron chi connectivity index (χ0n) is 14.2. The molecule has 0 spiro atoms. The third-order valence-electron chi connectivity index (χ3n) is 4.76. The Balaban J connectivity index is 1.46. The number of hydrogen-bond donors (Lipinski definition) is 2. The molecule has 1 aliphatic heterocycles. The molecule has 0 saturated carbocycles. The quantitative estimate of drug-likeness (QED) is 0.567. The van der Waals surface area contributed by atoms with Crippen molar-refractivity contribution in [2.45, 2.75) is 12.5 Å². The van der Waals surface area contributed by atoms with Crippen molar-refractivity contribution in [3.8, 4) is 22.3 Å². The van der Waals surface area contributed by atoms with E-state index in [2.05, 4.69) is 20.3 Å². The second kappa shape index (κ2) is 6.29. The highest BCUT2D eigenvalue weighted by Gasteiger charge is 2.26. The average molecular weight is 380 g/mol. The first-order valence-electron chi connectivity index (χ1n) is 8.58. The van der Waals surface area contributed by atoms with Crippen LogP contribution in [0.4, 0.5) is 0 Å². The molecule has 1 atom stereocenters. The van der Waals surface area contributed by atoms with Crippen LogP contribution in [0.25, 0.3) is 27.9 Å². The first kappa shape index (κ1) is 16.2. The fourth-order valence-corrected chi connectivity index (χ4v) is 4.18. The summed E-state index contributed by atoms with van der Waals surface area (Å²) >= 11 is 1.40. The number of aromatic amines is 1. The van der Waals surface area contributed by atoms with Gasteiger partial charge in [-0.05, 0) is 23.4 Å². The van der Waals surface area contributed by atoms with Crippen molar-refractivity contribution >= 4 is 22.9 Å². The van der Waals surface area contributed by atoms with E-state index in [0.717, 1.165) is 27.9 Å². The number of carbonyl (C=O) groups is 1. The minimum atomic E-state index is -0.415. The van der Waals surface area contributed by atoms with Crippen molar-refractivity contribution in [3.05, 3.63) is 47.3 Å². The lowest BCUT2D eigenvalue weighted by Crippen LogP contribution is -2.28. The fraction of sp³-hybridized carbons (Fsp3) is 0.222. The van der Waals surface area contributed by atoms with Crippen LogP contribution in [-0.4, -0.2) is 59.9 Å². The summed E-state index contributed by atoms with van der Waals surface area (Å²) in [5.41, 5.74) is 4.39. The van der Waals surface area contributed by atoms with Crippen molar-refractivity contribution in [1.29, 1.82) is 0 Å². The van der Waals surface area contributed by atoms with Crippen LogP contribution in [0.15, 0.2) is 42.4 Å². The molecular formula is C18H16N6O2S. The molecule has 9 heteroatoms. The Kier molecular flexibility index (Phi) is 3.76. The van der Waals surface area contributed by atoms with E-state index in [4.69, 9.17) is 0 Å². The molecule has 2 N–H and O–H groups in total. The summed E-state index contributed by atoms with van der Waals surface area (Å²) < 4.78 is 1.73. The van der Waals surface area contributed by atoms with Gasteiger partial charge in [0.15, 0.2) is 5.65 Å². The molecule has 4 aromatic rings. The van der Waals surface area contributed by atoms with Crippen LogP contribution in [0.5, 0.6) is 0 Å². The Morgan fingerprint density at radius 3 is 2.96 bits per heavy atom. The van der Waals surface area contributed by atoms with Crippen LogP contribution in [0, 0.1) is 0 Å². The smallest absolute Gasteiger partial charge is 0.264 e. The highest BCUT2D eigenvalue weighted by Crippen LogP contribution is 2.30. The van der Waals surface area contributed by atoms with Gasteiger partial charge in [-0.2, -0.15) is 10.2 Å². The maximum absolute atomic E-state index is 12.6. The van der Waals surface area contributed by atoms with Crippen LogP contribution >= 0.6 is 11.3 Å². The average Bonchev–Trinajstić information content (AvgIpc) is 3.45. The van der Waals surface area contributed by atoms with Gasteiger partial charge in [-0.15, -0.1) is 11.3 Å².